The van der Waals surface area contributed by atoms with Crippen LogP contribution in [-0.4, -0.2) is 80.4 Å². The van der Waals surface area contributed by atoms with Crippen molar-refractivity contribution >= 4 is 29.5 Å². The normalized spacial score (nSPS) is 19.1. The molecule has 0 spiro atoms. The number of aryl methyl sites for hydroxylation is 1. The lowest BCUT2D eigenvalue weighted by molar-refractivity contribution is -0.170. The van der Waals surface area contributed by atoms with Crippen LogP contribution in [0.25, 0.3) is 0 Å². The number of carboxylic acids is 3. The molecule has 3 rings (SSSR count). The molecule has 38 heavy (non-hydrogen) atoms. The Morgan fingerprint density at radius 1 is 0.947 bits per heavy atom. The Morgan fingerprint density at radius 3 is 1.95 bits per heavy atom. The summed E-state index contributed by atoms with van der Waals surface area (Å²) in [6, 6.07) is 15.8. The van der Waals surface area contributed by atoms with E-state index in [4.69, 9.17) is 32.8 Å². The summed E-state index contributed by atoms with van der Waals surface area (Å²) in [4.78, 5) is 46.2. The first-order valence-corrected chi connectivity index (χ1v) is 11.6. The number of hydrogen-bond acceptors (Lipinski definition) is 6. The lowest BCUT2D eigenvalue weighted by atomic mass is 9.96. The van der Waals surface area contributed by atoms with Crippen molar-refractivity contribution in [2.75, 3.05) is 24.5 Å². The molecular weight excluding hydrogens is 492 g/mol. The number of para-hydroxylation sites is 1. The Balaban J connectivity index is 0.000000500. The molecule has 206 valence electrons. The van der Waals surface area contributed by atoms with Gasteiger partial charge >= 0.3 is 17.9 Å². The van der Waals surface area contributed by atoms with E-state index in [-0.39, 0.29) is 31.5 Å². The molecule has 1 amide bonds. The van der Waals surface area contributed by atoms with Gasteiger partial charge < -0.3 is 30.2 Å². The summed E-state index contributed by atoms with van der Waals surface area (Å²) in [5, 5.41) is 33.8. The quantitative estimate of drug-likeness (QED) is 0.338. The van der Waals surface area contributed by atoms with Gasteiger partial charge in [0.05, 0.1) is 12.8 Å². The van der Waals surface area contributed by atoms with Gasteiger partial charge in [0.15, 0.2) is 5.60 Å². The SMILES string of the molecule is O=C(O)CC(O)(CC(=O)O)C(=O)O.[2H]C([2H])([2H])C([2H])([2H])C(=O)N(c1ccccc1)C1CCN(C([2H])([2H])C([2H])([2H])c2ccccc2)CC1. The largest absolute Gasteiger partial charge is 0.481 e. The monoisotopic (exact) mass is 537 g/mol. The number of aliphatic carboxylic acids is 3. The summed E-state index contributed by atoms with van der Waals surface area (Å²) in [5.74, 6) is -6.19. The molecule has 0 bridgehead atoms. The fourth-order valence-electron chi connectivity index (χ4n) is 3.76. The Bertz CT molecular complexity index is 1390. The predicted molar refractivity (Wildman–Crippen MR) is 141 cm³/mol. The van der Waals surface area contributed by atoms with Crippen molar-refractivity contribution in [3.8, 4) is 0 Å². The number of rotatable bonds is 11. The second-order valence-corrected chi connectivity index (χ2v) is 8.43. The highest BCUT2D eigenvalue weighted by Crippen LogP contribution is 2.24. The summed E-state index contributed by atoms with van der Waals surface area (Å²) >= 11 is 0. The fourth-order valence-corrected chi connectivity index (χ4v) is 3.76. The van der Waals surface area contributed by atoms with Gasteiger partial charge in [-0.05, 0) is 36.9 Å². The highest BCUT2D eigenvalue weighted by molar-refractivity contribution is 5.93. The smallest absolute Gasteiger partial charge is 0.336 e. The van der Waals surface area contributed by atoms with E-state index in [0.717, 1.165) is 0 Å². The van der Waals surface area contributed by atoms with Crippen LogP contribution < -0.4 is 4.90 Å². The first-order chi connectivity index (χ1) is 21.5. The minimum Gasteiger partial charge on any atom is -0.481 e. The van der Waals surface area contributed by atoms with Crippen LogP contribution in [0.15, 0.2) is 60.7 Å². The maximum Gasteiger partial charge on any atom is 0.336 e. The molecule has 10 nitrogen and oxygen atoms in total. The lowest BCUT2D eigenvalue weighted by Gasteiger charge is -2.38. The molecule has 0 aliphatic carbocycles. The Labute approximate surface area is 234 Å². The molecule has 0 saturated carbocycles. The highest BCUT2D eigenvalue weighted by atomic mass is 16.4. The van der Waals surface area contributed by atoms with Gasteiger partial charge in [-0.1, -0.05) is 55.4 Å². The summed E-state index contributed by atoms with van der Waals surface area (Å²) in [7, 11) is 0. The van der Waals surface area contributed by atoms with Crippen LogP contribution in [0.1, 0.15) is 56.8 Å². The molecule has 2 aromatic rings. The van der Waals surface area contributed by atoms with E-state index in [9.17, 15) is 19.2 Å². The standard InChI is InChI=1S/C22H28N2O.C6H8O7/c1-2-22(25)24(20-11-7-4-8-12-20)21-14-17-23(18-15-21)16-13-19-9-5-3-6-10-19;7-3(8)1-6(13,5(11)12)2-4(9)10/h3-12,21H,2,13-18H2,1H3;13H,1-2H2,(H,7,8)(H,9,10)(H,11,12)/i1D3,2D2,13D2,16D2;. The predicted octanol–water partition coefficient (Wildman–Crippen LogP) is 2.89. The number of amides is 1. The average molecular weight is 538 g/mol. The second kappa shape index (κ2) is 14.8. The third-order valence-corrected chi connectivity index (χ3v) is 5.61. The van der Waals surface area contributed by atoms with Crippen molar-refractivity contribution < 1.29 is 51.9 Å². The van der Waals surface area contributed by atoms with Crippen molar-refractivity contribution in [1.29, 1.82) is 0 Å². The van der Waals surface area contributed by atoms with Gasteiger partial charge in [-0.25, -0.2) is 4.79 Å². The number of anilines is 1. The van der Waals surface area contributed by atoms with Crippen molar-refractivity contribution in [2.24, 2.45) is 0 Å². The number of piperidine rings is 1. The maximum absolute atomic E-state index is 13.2. The topological polar surface area (TPSA) is 156 Å². The Kier molecular flexibility index (Phi) is 7.55. The highest BCUT2D eigenvalue weighted by Gasteiger charge is 2.40. The number of carbonyl (C=O) groups is 4. The Hall–Kier alpha value is -3.76. The summed E-state index contributed by atoms with van der Waals surface area (Å²) < 4.78 is 72.6. The number of hydrogen-bond donors (Lipinski definition) is 4. The first-order valence-electron chi connectivity index (χ1n) is 16.1. The van der Waals surface area contributed by atoms with E-state index >= 15 is 0 Å². The number of likely N-dealkylation sites (tertiary alicyclic amines) is 1. The third-order valence-electron chi connectivity index (χ3n) is 5.61. The van der Waals surface area contributed by atoms with Gasteiger partial charge in [-0.15, -0.1) is 0 Å². The molecule has 0 aromatic heterocycles. The first kappa shape index (κ1) is 19.3. The van der Waals surface area contributed by atoms with E-state index in [1.54, 1.807) is 48.5 Å². The van der Waals surface area contributed by atoms with Crippen LogP contribution in [0.3, 0.4) is 0 Å². The van der Waals surface area contributed by atoms with Crippen molar-refractivity contribution in [1.82, 2.24) is 4.90 Å². The van der Waals surface area contributed by atoms with E-state index in [1.165, 1.54) is 21.9 Å². The number of nitrogens with zero attached hydrogens (tertiary/aromatic N) is 2. The molecule has 10 heteroatoms. The van der Waals surface area contributed by atoms with Crippen LogP contribution in [0.4, 0.5) is 5.69 Å². The van der Waals surface area contributed by atoms with Crippen LogP contribution in [0.5, 0.6) is 0 Å². The molecule has 2 aromatic carbocycles. The summed E-state index contributed by atoms with van der Waals surface area (Å²) in [6.45, 7) is -5.27. The number of benzene rings is 2. The van der Waals surface area contributed by atoms with Gasteiger partial charge in [0.1, 0.15) is 0 Å². The van der Waals surface area contributed by atoms with Crippen LogP contribution in [-0.2, 0) is 25.6 Å². The molecule has 1 heterocycles. The zero-order valence-electron chi connectivity index (χ0n) is 29.4. The van der Waals surface area contributed by atoms with E-state index < -0.39 is 74.4 Å². The molecule has 4 N–H and O–H groups in total. The summed E-state index contributed by atoms with van der Waals surface area (Å²) in [5.41, 5.74) is -2.16. The van der Waals surface area contributed by atoms with E-state index in [1.807, 2.05) is 0 Å². The molecule has 0 unspecified atom stereocenters. The van der Waals surface area contributed by atoms with Gasteiger partial charge in [-0.3, -0.25) is 14.4 Å². The zero-order valence-corrected chi connectivity index (χ0v) is 20.4. The number of aliphatic hydroxyl groups is 1. The molecule has 1 fully saturated rings. The summed E-state index contributed by atoms with van der Waals surface area (Å²) in [6.07, 6.45) is -7.23. The maximum atomic E-state index is 13.2. The minimum absolute atomic E-state index is 0.109. The van der Waals surface area contributed by atoms with Crippen LogP contribution in [0.2, 0.25) is 0 Å². The zero-order chi connectivity index (χ0) is 36.0. The van der Waals surface area contributed by atoms with E-state index in [2.05, 4.69) is 0 Å². The van der Waals surface area contributed by atoms with Crippen molar-refractivity contribution in [3.05, 3.63) is 66.2 Å². The molecule has 1 saturated heterocycles. The fraction of sp³-hybridized carbons (Fsp3) is 0.429. The van der Waals surface area contributed by atoms with Crippen molar-refractivity contribution in [2.45, 2.75) is 56.9 Å². The lowest BCUT2D eigenvalue weighted by Crippen LogP contribution is -2.47. The second-order valence-electron chi connectivity index (χ2n) is 8.43. The van der Waals surface area contributed by atoms with E-state index in [0.29, 0.717) is 5.69 Å². The Morgan fingerprint density at radius 2 is 1.47 bits per heavy atom. The molecule has 1 aliphatic heterocycles. The molecule has 0 atom stereocenters. The van der Waals surface area contributed by atoms with Gasteiger partial charge in [0.2, 0.25) is 5.91 Å². The van der Waals surface area contributed by atoms with Crippen LogP contribution in [0, 0.1) is 0 Å². The molecule has 1 aliphatic rings. The molecular formula is C28H36N2O8. The third kappa shape index (κ3) is 9.60. The minimum atomic E-state index is -3.15. The molecule has 0 radical (unpaired) electrons. The van der Waals surface area contributed by atoms with Gasteiger partial charge in [0, 0.05) is 50.0 Å². The number of carboxylic acid groups (broad SMARTS) is 3. The van der Waals surface area contributed by atoms with Crippen LogP contribution >= 0.6 is 0 Å². The number of carbonyl (C=O) groups excluding carboxylic acids is 1. The van der Waals surface area contributed by atoms with Crippen molar-refractivity contribution in [3.63, 3.8) is 0 Å². The average Bonchev–Trinajstić information content (AvgIpc) is 2.97. The van der Waals surface area contributed by atoms with Gasteiger partial charge in [0.25, 0.3) is 0 Å². The van der Waals surface area contributed by atoms with Gasteiger partial charge in [-0.2, -0.15) is 0 Å².